The fourth-order valence-corrected chi connectivity index (χ4v) is 3.62. The van der Waals surface area contributed by atoms with E-state index in [0.717, 1.165) is 22.0 Å². The first kappa shape index (κ1) is 18.2. The molecule has 4 rings (SSSR count). The number of aromatic nitrogens is 3. The molecule has 0 spiro atoms. The summed E-state index contributed by atoms with van der Waals surface area (Å²) >= 11 is 0. The Morgan fingerprint density at radius 3 is 2.82 bits per heavy atom. The number of hydrogen-bond acceptors (Lipinski definition) is 4. The van der Waals surface area contributed by atoms with Gasteiger partial charge in [0.05, 0.1) is 5.52 Å². The van der Waals surface area contributed by atoms with Gasteiger partial charge in [0.25, 0.3) is 5.91 Å². The van der Waals surface area contributed by atoms with E-state index in [1.807, 2.05) is 37.3 Å². The van der Waals surface area contributed by atoms with Gasteiger partial charge in [-0.25, -0.2) is 0 Å². The van der Waals surface area contributed by atoms with Gasteiger partial charge in [0.1, 0.15) is 0 Å². The summed E-state index contributed by atoms with van der Waals surface area (Å²) in [5.41, 5.74) is 3.38. The number of nitrogens with zero attached hydrogens (tertiary/aromatic N) is 3. The summed E-state index contributed by atoms with van der Waals surface area (Å²) in [6, 6.07) is 9.69. The van der Waals surface area contributed by atoms with Gasteiger partial charge in [0, 0.05) is 43.3 Å². The van der Waals surface area contributed by atoms with Crippen molar-refractivity contribution in [2.75, 3.05) is 13.1 Å². The maximum Gasteiger partial charge on any atom is 0.274 e. The van der Waals surface area contributed by atoms with E-state index in [0.29, 0.717) is 38.2 Å². The Hall–Kier alpha value is -3.22. The molecule has 7 heteroatoms. The second kappa shape index (κ2) is 7.80. The number of carbonyl (C=O) groups is 2. The number of amides is 2. The second-order valence-corrected chi connectivity index (χ2v) is 7.27. The average Bonchev–Trinajstić information content (AvgIpc) is 3.15. The highest BCUT2D eigenvalue weighted by molar-refractivity contribution is 6.04. The largest absolute Gasteiger partial charge is 0.352 e. The zero-order chi connectivity index (χ0) is 19.5. The molecule has 2 aromatic heterocycles. The molecule has 0 bridgehead atoms. The van der Waals surface area contributed by atoms with Crippen LogP contribution in [0.2, 0.25) is 0 Å². The standard InChI is InChI=1S/C21H23N5O2/c1-14-4-5-18-17(11-14)19(25-24-18)21(28)26-9-6-16(7-10-26)20(27)23-13-15-3-2-8-22-12-15/h2-5,8,11-12,16H,6-7,9-10,13H2,1H3,(H,23,27)(H,24,25). The summed E-state index contributed by atoms with van der Waals surface area (Å²) in [4.78, 5) is 31.2. The molecular weight excluding hydrogens is 354 g/mol. The zero-order valence-corrected chi connectivity index (χ0v) is 15.8. The molecule has 2 N–H and O–H groups in total. The van der Waals surface area contributed by atoms with Crippen molar-refractivity contribution in [3.63, 3.8) is 0 Å². The van der Waals surface area contributed by atoms with E-state index >= 15 is 0 Å². The molecule has 2 amide bonds. The number of likely N-dealkylation sites (tertiary alicyclic amines) is 1. The van der Waals surface area contributed by atoms with Gasteiger partial charge < -0.3 is 10.2 Å². The van der Waals surface area contributed by atoms with Crippen LogP contribution in [-0.4, -0.2) is 45.0 Å². The molecule has 3 heterocycles. The molecular formula is C21H23N5O2. The molecule has 0 aliphatic carbocycles. The lowest BCUT2D eigenvalue weighted by Gasteiger charge is -2.31. The molecule has 144 valence electrons. The van der Waals surface area contributed by atoms with Crippen LogP contribution in [0.4, 0.5) is 0 Å². The van der Waals surface area contributed by atoms with E-state index in [9.17, 15) is 9.59 Å². The highest BCUT2D eigenvalue weighted by Crippen LogP contribution is 2.23. The molecule has 0 atom stereocenters. The molecule has 1 saturated heterocycles. The molecule has 1 aromatic carbocycles. The van der Waals surface area contributed by atoms with Crippen molar-refractivity contribution < 1.29 is 9.59 Å². The second-order valence-electron chi connectivity index (χ2n) is 7.27. The summed E-state index contributed by atoms with van der Waals surface area (Å²) in [5.74, 6) is -0.109. The summed E-state index contributed by atoms with van der Waals surface area (Å²) in [6.45, 7) is 3.59. The van der Waals surface area contributed by atoms with E-state index in [1.165, 1.54) is 0 Å². The highest BCUT2D eigenvalue weighted by atomic mass is 16.2. The van der Waals surface area contributed by atoms with E-state index < -0.39 is 0 Å². The van der Waals surface area contributed by atoms with Gasteiger partial charge >= 0.3 is 0 Å². The summed E-state index contributed by atoms with van der Waals surface area (Å²) in [7, 11) is 0. The average molecular weight is 377 g/mol. The van der Waals surface area contributed by atoms with Crippen molar-refractivity contribution in [2.45, 2.75) is 26.3 Å². The number of nitrogens with one attached hydrogen (secondary N) is 2. The summed E-state index contributed by atoms with van der Waals surface area (Å²) in [5, 5.41) is 11.0. The number of piperidine rings is 1. The molecule has 0 saturated carbocycles. The number of pyridine rings is 1. The van der Waals surface area contributed by atoms with E-state index in [4.69, 9.17) is 0 Å². The Labute approximate surface area is 163 Å². The van der Waals surface area contributed by atoms with Gasteiger partial charge in [-0.1, -0.05) is 17.7 Å². The fraction of sp³-hybridized carbons (Fsp3) is 0.333. The van der Waals surface area contributed by atoms with Gasteiger partial charge in [-0.3, -0.25) is 19.7 Å². The Balaban J connectivity index is 1.35. The minimum absolute atomic E-state index is 0.0387. The third kappa shape index (κ3) is 3.74. The van der Waals surface area contributed by atoms with Gasteiger partial charge in [-0.05, 0) is 43.5 Å². The monoisotopic (exact) mass is 377 g/mol. The molecule has 7 nitrogen and oxygen atoms in total. The van der Waals surface area contributed by atoms with Crippen LogP contribution in [0.25, 0.3) is 10.9 Å². The van der Waals surface area contributed by atoms with Crippen molar-refractivity contribution in [1.29, 1.82) is 0 Å². The lowest BCUT2D eigenvalue weighted by atomic mass is 9.95. The van der Waals surface area contributed by atoms with E-state index in [1.54, 1.807) is 17.3 Å². The first-order valence-electron chi connectivity index (χ1n) is 9.52. The lowest BCUT2D eigenvalue weighted by Crippen LogP contribution is -2.43. The highest BCUT2D eigenvalue weighted by Gasteiger charge is 2.29. The van der Waals surface area contributed by atoms with Gasteiger partial charge in [-0.2, -0.15) is 5.10 Å². The number of H-pyrrole nitrogens is 1. The Morgan fingerprint density at radius 1 is 1.25 bits per heavy atom. The molecule has 3 aromatic rings. The fourth-order valence-electron chi connectivity index (χ4n) is 3.62. The van der Waals surface area contributed by atoms with Crippen LogP contribution in [0, 0.1) is 12.8 Å². The molecule has 1 aliphatic heterocycles. The number of rotatable bonds is 4. The van der Waals surface area contributed by atoms with Crippen molar-refractivity contribution in [3.05, 3.63) is 59.5 Å². The normalized spacial score (nSPS) is 15.0. The first-order valence-corrected chi connectivity index (χ1v) is 9.52. The van der Waals surface area contributed by atoms with Crippen molar-refractivity contribution >= 4 is 22.7 Å². The van der Waals surface area contributed by atoms with Crippen LogP contribution in [0.5, 0.6) is 0 Å². The van der Waals surface area contributed by atoms with E-state index in [2.05, 4.69) is 20.5 Å². The van der Waals surface area contributed by atoms with Gasteiger partial charge in [0.2, 0.25) is 5.91 Å². The van der Waals surface area contributed by atoms with Crippen LogP contribution < -0.4 is 5.32 Å². The Bertz CT molecular complexity index is 990. The summed E-state index contributed by atoms with van der Waals surface area (Å²) in [6.07, 6.45) is 4.78. The molecule has 28 heavy (non-hydrogen) atoms. The van der Waals surface area contributed by atoms with Crippen molar-refractivity contribution in [2.24, 2.45) is 5.92 Å². The van der Waals surface area contributed by atoms with Crippen molar-refractivity contribution in [3.8, 4) is 0 Å². The van der Waals surface area contributed by atoms with Crippen LogP contribution in [-0.2, 0) is 11.3 Å². The number of aromatic amines is 1. The predicted molar refractivity (Wildman–Crippen MR) is 106 cm³/mol. The minimum atomic E-state index is -0.0777. The zero-order valence-electron chi connectivity index (χ0n) is 15.8. The predicted octanol–water partition coefficient (Wildman–Crippen LogP) is 2.43. The van der Waals surface area contributed by atoms with Gasteiger partial charge in [-0.15, -0.1) is 0 Å². The number of benzene rings is 1. The maximum absolute atomic E-state index is 12.9. The SMILES string of the molecule is Cc1ccc2[nH]nc(C(=O)N3CCC(C(=O)NCc4cccnc4)CC3)c2c1. The van der Waals surface area contributed by atoms with Crippen LogP contribution >= 0.6 is 0 Å². The molecule has 0 unspecified atom stereocenters. The van der Waals surface area contributed by atoms with Crippen LogP contribution in [0.15, 0.2) is 42.7 Å². The molecule has 0 radical (unpaired) electrons. The smallest absolute Gasteiger partial charge is 0.274 e. The quantitative estimate of drug-likeness (QED) is 0.731. The maximum atomic E-state index is 12.9. The molecule has 1 fully saturated rings. The molecule has 1 aliphatic rings. The number of fused-ring (bicyclic) bond motifs is 1. The van der Waals surface area contributed by atoms with E-state index in [-0.39, 0.29) is 17.7 Å². The first-order chi connectivity index (χ1) is 13.6. The minimum Gasteiger partial charge on any atom is -0.352 e. The van der Waals surface area contributed by atoms with Gasteiger partial charge in [0.15, 0.2) is 5.69 Å². The number of aryl methyl sites for hydroxylation is 1. The Morgan fingerprint density at radius 2 is 2.07 bits per heavy atom. The van der Waals surface area contributed by atoms with Crippen LogP contribution in [0.1, 0.15) is 34.5 Å². The number of hydrogen-bond donors (Lipinski definition) is 2. The van der Waals surface area contributed by atoms with Crippen LogP contribution in [0.3, 0.4) is 0 Å². The topological polar surface area (TPSA) is 91.0 Å². The third-order valence-electron chi connectivity index (χ3n) is 5.26. The number of carbonyl (C=O) groups excluding carboxylic acids is 2. The summed E-state index contributed by atoms with van der Waals surface area (Å²) < 4.78 is 0. The van der Waals surface area contributed by atoms with Crippen molar-refractivity contribution in [1.82, 2.24) is 25.4 Å². The third-order valence-corrected chi connectivity index (χ3v) is 5.26. The lowest BCUT2D eigenvalue weighted by molar-refractivity contribution is -0.126. The Kier molecular flexibility index (Phi) is 5.06.